The fourth-order valence-electron chi connectivity index (χ4n) is 4.76. The van der Waals surface area contributed by atoms with Gasteiger partial charge in [-0.25, -0.2) is 8.42 Å². The highest BCUT2D eigenvalue weighted by Crippen LogP contribution is 2.26. The number of rotatable bonds is 6. The van der Waals surface area contributed by atoms with Gasteiger partial charge in [-0.05, 0) is 75.8 Å². The van der Waals surface area contributed by atoms with Gasteiger partial charge in [0.15, 0.2) is 0 Å². The first-order chi connectivity index (χ1) is 15.8. The average Bonchev–Trinajstić information content (AvgIpc) is 2.85. The third-order valence-corrected chi connectivity index (χ3v) is 8.87. The summed E-state index contributed by atoms with van der Waals surface area (Å²) in [4.78, 5) is 15.6. The summed E-state index contributed by atoms with van der Waals surface area (Å²) in [5.74, 6) is -0.153. The van der Waals surface area contributed by atoms with Gasteiger partial charge in [-0.2, -0.15) is 4.31 Å². The minimum atomic E-state index is -3.51. The summed E-state index contributed by atoms with van der Waals surface area (Å²) in [6.45, 7) is 6.91. The van der Waals surface area contributed by atoms with Crippen LogP contribution in [0.5, 0.6) is 0 Å². The molecule has 2 aromatic rings. The number of carbonyl (C=O) groups excluding carboxylic acids is 1. The van der Waals surface area contributed by atoms with Crippen molar-refractivity contribution in [3.63, 3.8) is 0 Å². The van der Waals surface area contributed by atoms with E-state index in [0.717, 1.165) is 24.2 Å². The number of anilines is 1. The smallest absolute Gasteiger partial charge is 0.243 e. The second kappa shape index (κ2) is 10.3. The zero-order valence-electron chi connectivity index (χ0n) is 19.7. The van der Waals surface area contributed by atoms with Gasteiger partial charge in [-0.15, -0.1) is 0 Å². The van der Waals surface area contributed by atoms with E-state index in [1.54, 1.807) is 12.1 Å². The lowest BCUT2D eigenvalue weighted by Crippen LogP contribution is -2.43. The van der Waals surface area contributed by atoms with Crippen LogP contribution in [0.3, 0.4) is 0 Å². The van der Waals surface area contributed by atoms with Gasteiger partial charge >= 0.3 is 0 Å². The predicted molar refractivity (Wildman–Crippen MR) is 132 cm³/mol. The molecule has 1 amide bonds. The van der Waals surface area contributed by atoms with Crippen LogP contribution in [0.4, 0.5) is 5.69 Å². The van der Waals surface area contributed by atoms with E-state index in [0.29, 0.717) is 30.8 Å². The number of hydrogen-bond acceptors (Lipinski definition) is 4. The monoisotopic (exact) mass is 469 g/mol. The van der Waals surface area contributed by atoms with Crippen LogP contribution in [0.25, 0.3) is 0 Å². The van der Waals surface area contributed by atoms with Gasteiger partial charge in [-0.3, -0.25) is 4.79 Å². The number of piperidine rings is 2. The van der Waals surface area contributed by atoms with E-state index in [-0.39, 0.29) is 17.9 Å². The summed E-state index contributed by atoms with van der Waals surface area (Å²) in [7, 11) is -3.51. The number of nitrogens with zero attached hydrogens (tertiary/aromatic N) is 2. The Labute approximate surface area is 198 Å². The van der Waals surface area contributed by atoms with Crippen molar-refractivity contribution in [3.05, 3.63) is 59.7 Å². The molecule has 4 rings (SSSR count). The van der Waals surface area contributed by atoms with Gasteiger partial charge in [0, 0.05) is 37.8 Å². The highest BCUT2D eigenvalue weighted by atomic mass is 32.2. The third kappa shape index (κ3) is 5.58. The van der Waals surface area contributed by atoms with Crippen LogP contribution in [-0.2, 0) is 14.8 Å². The quantitative estimate of drug-likeness (QED) is 0.686. The maximum Gasteiger partial charge on any atom is 0.243 e. The number of aryl methyl sites for hydroxylation is 1. The Kier molecular flexibility index (Phi) is 7.39. The first-order valence-electron chi connectivity index (χ1n) is 12.1. The molecular weight excluding hydrogens is 434 g/mol. The Bertz CT molecular complexity index is 1040. The summed E-state index contributed by atoms with van der Waals surface area (Å²) in [6, 6.07) is 15.4. The molecule has 33 heavy (non-hydrogen) atoms. The standard InChI is InChI=1S/C26H35N3O3S/c1-20-6-12-25(13-7-20)33(31,32)29-18-14-23(15-19-29)26(30)27-21(2)22-8-10-24(11-9-22)28-16-4-3-5-17-28/h6-13,21,23H,3-5,14-19H2,1-2H3,(H,27,30)/t21-/m1/s1. The highest BCUT2D eigenvalue weighted by Gasteiger charge is 2.32. The van der Waals surface area contributed by atoms with Crippen LogP contribution < -0.4 is 10.2 Å². The zero-order chi connectivity index (χ0) is 23.4. The number of carbonyl (C=O) groups is 1. The lowest BCUT2D eigenvalue weighted by atomic mass is 9.96. The Hall–Kier alpha value is -2.38. The van der Waals surface area contributed by atoms with Crippen LogP contribution >= 0.6 is 0 Å². The molecule has 2 saturated heterocycles. The summed E-state index contributed by atoms with van der Waals surface area (Å²) in [5.41, 5.74) is 3.36. The molecule has 7 heteroatoms. The Morgan fingerprint density at radius 2 is 1.52 bits per heavy atom. The van der Waals surface area contributed by atoms with Crippen molar-refractivity contribution < 1.29 is 13.2 Å². The van der Waals surface area contributed by atoms with E-state index in [4.69, 9.17) is 0 Å². The Morgan fingerprint density at radius 3 is 2.12 bits per heavy atom. The molecule has 1 atom stereocenters. The number of amides is 1. The first kappa shape index (κ1) is 23.8. The fraction of sp³-hybridized carbons (Fsp3) is 0.500. The van der Waals surface area contributed by atoms with Gasteiger partial charge in [0.25, 0.3) is 0 Å². The number of hydrogen-bond donors (Lipinski definition) is 1. The lowest BCUT2D eigenvalue weighted by molar-refractivity contribution is -0.126. The molecule has 2 aliphatic rings. The van der Waals surface area contributed by atoms with E-state index in [9.17, 15) is 13.2 Å². The topological polar surface area (TPSA) is 69.7 Å². The molecule has 0 saturated carbocycles. The predicted octanol–water partition coefficient (Wildman–Crippen LogP) is 4.26. The minimum absolute atomic E-state index is 0.00925. The van der Waals surface area contributed by atoms with Crippen LogP contribution in [0.2, 0.25) is 0 Å². The molecule has 0 aliphatic carbocycles. The Balaban J connectivity index is 1.30. The van der Waals surface area contributed by atoms with E-state index in [1.807, 2.05) is 26.0 Å². The fourth-order valence-corrected chi connectivity index (χ4v) is 6.23. The molecule has 0 unspecified atom stereocenters. The second-order valence-electron chi connectivity index (χ2n) is 9.36. The summed E-state index contributed by atoms with van der Waals surface area (Å²) in [6.07, 6.45) is 4.89. The summed E-state index contributed by atoms with van der Waals surface area (Å²) < 4.78 is 27.3. The maximum absolute atomic E-state index is 12.9. The van der Waals surface area contributed by atoms with Crippen LogP contribution in [-0.4, -0.2) is 44.8 Å². The van der Waals surface area contributed by atoms with E-state index < -0.39 is 10.0 Å². The van der Waals surface area contributed by atoms with Gasteiger partial charge in [0.1, 0.15) is 0 Å². The van der Waals surface area contributed by atoms with E-state index >= 15 is 0 Å². The lowest BCUT2D eigenvalue weighted by Gasteiger charge is -2.31. The number of nitrogens with one attached hydrogen (secondary N) is 1. The third-order valence-electron chi connectivity index (χ3n) is 6.96. The Morgan fingerprint density at radius 1 is 0.909 bits per heavy atom. The molecule has 0 aromatic heterocycles. The summed E-state index contributed by atoms with van der Waals surface area (Å²) >= 11 is 0. The molecule has 2 aliphatic heterocycles. The molecule has 6 nitrogen and oxygen atoms in total. The molecular formula is C26H35N3O3S. The zero-order valence-corrected chi connectivity index (χ0v) is 20.5. The van der Waals surface area contributed by atoms with Crippen molar-refractivity contribution in [2.45, 2.75) is 56.9 Å². The van der Waals surface area contributed by atoms with Crippen molar-refractivity contribution >= 4 is 21.6 Å². The molecule has 1 N–H and O–H groups in total. The van der Waals surface area contributed by atoms with Gasteiger partial charge in [0.05, 0.1) is 10.9 Å². The number of sulfonamides is 1. The summed E-state index contributed by atoms with van der Waals surface area (Å²) in [5, 5.41) is 3.14. The molecule has 2 heterocycles. The molecule has 178 valence electrons. The maximum atomic E-state index is 12.9. The second-order valence-corrected chi connectivity index (χ2v) is 11.3. The normalized spacial score (nSPS) is 19.3. The molecule has 0 bridgehead atoms. The highest BCUT2D eigenvalue weighted by molar-refractivity contribution is 7.89. The SMILES string of the molecule is Cc1ccc(S(=O)(=O)N2CCC(C(=O)N[C@H](C)c3ccc(N4CCCCC4)cc3)CC2)cc1. The van der Waals surface area contributed by atoms with E-state index in [2.05, 4.69) is 34.5 Å². The number of benzene rings is 2. The van der Waals surface area contributed by atoms with Crippen LogP contribution in [0, 0.1) is 12.8 Å². The van der Waals surface area contributed by atoms with Crippen LogP contribution in [0.15, 0.2) is 53.4 Å². The van der Waals surface area contributed by atoms with Gasteiger partial charge < -0.3 is 10.2 Å². The minimum Gasteiger partial charge on any atom is -0.372 e. The first-order valence-corrected chi connectivity index (χ1v) is 13.5. The molecule has 0 radical (unpaired) electrons. The van der Waals surface area contributed by atoms with Crippen molar-refractivity contribution in [1.29, 1.82) is 0 Å². The van der Waals surface area contributed by atoms with Crippen molar-refractivity contribution in [2.75, 3.05) is 31.1 Å². The molecule has 2 aromatic carbocycles. The van der Waals surface area contributed by atoms with Crippen molar-refractivity contribution in [2.24, 2.45) is 5.92 Å². The van der Waals surface area contributed by atoms with Crippen molar-refractivity contribution in [1.82, 2.24) is 9.62 Å². The van der Waals surface area contributed by atoms with E-state index in [1.165, 1.54) is 29.3 Å². The van der Waals surface area contributed by atoms with Gasteiger partial charge in [0.2, 0.25) is 15.9 Å². The largest absolute Gasteiger partial charge is 0.372 e. The van der Waals surface area contributed by atoms with Gasteiger partial charge in [-0.1, -0.05) is 29.8 Å². The molecule has 2 fully saturated rings. The van der Waals surface area contributed by atoms with Crippen LogP contribution in [0.1, 0.15) is 56.2 Å². The van der Waals surface area contributed by atoms with Crippen molar-refractivity contribution in [3.8, 4) is 0 Å². The molecule has 0 spiro atoms. The average molecular weight is 470 g/mol.